The smallest absolute Gasteiger partial charge is 0.160 e. The van der Waals surface area contributed by atoms with Crippen LogP contribution in [0.15, 0.2) is 18.3 Å². The molecule has 3 rings (SSSR count). The number of nitrogens with zero attached hydrogens (tertiary/aromatic N) is 3. The number of aryl methyl sites for hydroxylation is 1. The number of hydrogen-bond acceptors (Lipinski definition) is 3. The summed E-state index contributed by atoms with van der Waals surface area (Å²) < 4.78 is 1.87. The lowest BCUT2D eigenvalue weighted by atomic mass is 10.1. The van der Waals surface area contributed by atoms with Crippen LogP contribution in [0.1, 0.15) is 30.3 Å². The molecule has 1 saturated heterocycles. The van der Waals surface area contributed by atoms with Gasteiger partial charge >= 0.3 is 0 Å². The van der Waals surface area contributed by atoms with E-state index in [4.69, 9.17) is 0 Å². The number of nitrogens with one attached hydrogen (secondary N) is 1. The summed E-state index contributed by atoms with van der Waals surface area (Å²) in [6, 6.07) is 4.64. The second-order valence-corrected chi connectivity index (χ2v) is 4.04. The number of fused-ring (bicyclic) bond motifs is 1. The fourth-order valence-electron chi connectivity index (χ4n) is 2.26. The zero-order valence-electron chi connectivity index (χ0n) is 8.77. The van der Waals surface area contributed by atoms with Crippen molar-refractivity contribution in [2.24, 2.45) is 0 Å². The molecule has 0 radical (unpaired) electrons. The minimum absolute atomic E-state index is 0.456. The molecular formula is C11H14N4. The van der Waals surface area contributed by atoms with E-state index >= 15 is 0 Å². The highest BCUT2D eigenvalue weighted by atomic mass is 15.3. The SMILES string of the molecule is Cc1nc2c(C3CCCN3)cccn2n1. The van der Waals surface area contributed by atoms with Crippen molar-refractivity contribution in [1.29, 1.82) is 0 Å². The Morgan fingerprint density at radius 3 is 3.27 bits per heavy atom. The first-order valence-electron chi connectivity index (χ1n) is 5.40. The maximum Gasteiger partial charge on any atom is 0.160 e. The summed E-state index contributed by atoms with van der Waals surface area (Å²) >= 11 is 0. The van der Waals surface area contributed by atoms with Crippen molar-refractivity contribution in [2.45, 2.75) is 25.8 Å². The topological polar surface area (TPSA) is 42.2 Å². The summed E-state index contributed by atoms with van der Waals surface area (Å²) in [4.78, 5) is 4.47. The zero-order chi connectivity index (χ0) is 10.3. The predicted molar refractivity (Wildman–Crippen MR) is 57.7 cm³/mol. The first-order chi connectivity index (χ1) is 7.34. The normalized spacial score (nSPS) is 21.3. The molecule has 0 bridgehead atoms. The molecule has 1 aliphatic heterocycles. The molecule has 4 heteroatoms. The Labute approximate surface area is 88.3 Å². The predicted octanol–water partition coefficient (Wildman–Crippen LogP) is 1.46. The van der Waals surface area contributed by atoms with Gasteiger partial charge in [0.1, 0.15) is 5.82 Å². The Kier molecular flexibility index (Phi) is 1.95. The van der Waals surface area contributed by atoms with Crippen molar-refractivity contribution in [3.63, 3.8) is 0 Å². The molecule has 3 heterocycles. The quantitative estimate of drug-likeness (QED) is 0.761. The number of pyridine rings is 1. The summed E-state index contributed by atoms with van der Waals surface area (Å²) in [5.74, 6) is 0.834. The van der Waals surface area contributed by atoms with E-state index in [1.54, 1.807) is 0 Å². The minimum Gasteiger partial charge on any atom is -0.310 e. The fraction of sp³-hybridized carbons (Fsp3) is 0.455. The van der Waals surface area contributed by atoms with Crippen molar-refractivity contribution in [3.8, 4) is 0 Å². The second-order valence-electron chi connectivity index (χ2n) is 4.04. The molecular weight excluding hydrogens is 188 g/mol. The number of aromatic nitrogens is 3. The highest BCUT2D eigenvalue weighted by molar-refractivity contribution is 5.49. The Morgan fingerprint density at radius 2 is 2.47 bits per heavy atom. The molecule has 0 saturated carbocycles. The van der Waals surface area contributed by atoms with E-state index in [-0.39, 0.29) is 0 Å². The first-order valence-corrected chi connectivity index (χ1v) is 5.40. The van der Waals surface area contributed by atoms with Gasteiger partial charge in [0, 0.05) is 17.8 Å². The third-order valence-electron chi connectivity index (χ3n) is 2.93. The molecule has 0 aliphatic carbocycles. The van der Waals surface area contributed by atoms with Crippen LogP contribution in [0.4, 0.5) is 0 Å². The monoisotopic (exact) mass is 202 g/mol. The van der Waals surface area contributed by atoms with Crippen LogP contribution in [0.25, 0.3) is 5.65 Å². The van der Waals surface area contributed by atoms with E-state index in [1.807, 2.05) is 23.7 Å². The Bertz CT molecular complexity index is 482. The summed E-state index contributed by atoms with van der Waals surface area (Å²) in [5.41, 5.74) is 2.27. The molecule has 1 N–H and O–H groups in total. The Hall–Kier alpha value is -1.42. The van der Waals surface area contributed by atoms with Crippen molar-refractivity contribution < 1.29 is 0 Å². The molecule has 1 atom stereocenters. The van der Waals surface area contributed by atoms with Crippen LogP contribution < -0.4 is 5.32 Å². The summed E-state index contributed by atoms with van der Waals surface area (Å²) in [6.45, 7) is 3.04. The highest BCUT2D eigenvalue weighted by Crippen LogP contribution is 2.25. The maximum atomic E-state index is 4.47. The van der Waals surface area contributed by atoms with Crippen molar-refractivity contribution in [2.75, 3.05) is 6.54 Å². The molecule has 0 aromatic carbocycles. The van der Waals surface area contributed by atoms with Gasteiger partial charge in [0.15, 0.2) is 5.65 Å². The zero-order valence-corrected chi connectivity index (χ0v) is 8.77. The van der Waals surface area contributed by atoms with Crippen LogP contribution in [0.3, 0.4) is 0 Å². The lowest BCUT2D eigenvalue weighted by Gasteiger charge is -2.10. The van der Waals surface area contributed by atoms with E-state index in [0.717, 1.165) is 18.0 Å². The van der Waals surface area contributed by atoms with Crippen LogP contribution in [0.5, 0.6) is 0 Å². The van der Waals surface area contributed by atoms with Gasteiger partial charge in [-0.3, -0.25) is 0 Å². The van der Waals surface area contributed by atoms with Gasteiger partial charge in [0.25, 0.3) is 0 Å². The van der Waals surface area contributed by atoms with E-state index in [1.165, 1.54) is 18.4 Å². The van der Waals surface area contributed by atoms with Crippen LogP contribution >= 0.6 is 0 Å². The molecule has 15 heavy (non-hydrogen) atoms. The molecule has 0 amide bonds. The van der Waals surface area contributed by atoms with Gasteiger partial charge in [-0.25, -0.2) is 9.50 Å². The van der Waals surface area contributed by atoms with E-state index in [0.29, 0.717) is 6.04 Å². The fourth-order valence-corrected chi connectivity index (χ4v) is 2.26. The largest absolute Gasteiger partial charge is 0.310 e. The van der Waals surface area contributed by atoms with Gasteiger partial charge in [0.05, 0.1) is 0 Å². The summed E-state index contributed by atoms with van der Waals surface area (Å²) in [7, 11) is 0. The van der Waals surface area contributed by atoms with Crippen LogP contribution in [0.2, 0.25) is 0 Å². The van der Waals surface area contributed by atoms with Crippen molar-refractivity contribution in [1.82, 2.24) is 19.9 Å². The average Bonchev–Trinajstić information content (AvgIpc) is 2.82. The number of rotatable bonds is 1. The van der Waals surface area contributed by atoms with Gasteiger partial charge in [-0.15, -0.1) is 0 Å². The molecule has 2 aromatic rings. The molecule has 78 valence electrons. The van der Waals surface area contributed by atoms with E-state index in [9.17, 15) is 0 Å². The molecule has 1 aliphatic rings. The highest BCUT2D eigenvalue weighted by Gasteiger charge is 2.19. The van der Waals surface area contributed by atoms with Gasteiger partial charge in [-0.2, -0.15) is 5.10 Å². The third kappa shape index (κ3) is 1.41. The van der Waals surface area contributed by atoms with Gasteiger partial charge in [0.2, 0.25) is 0 Å². The maximum absolute atomic E-state index is 4.47. The van der Waals surface area contributed by atoms with Crippen molar-refractivity contribution >= 4 is 5.65 Å². The van der Waals surface area contributed by atoms with Gasteiger partial charge in [-0.05, 0) is 32.4 Å². The van der Waals surface area contributed by atoms with Crippen LogP contribution in [-0.2, 0) is 0 Å². The first kappa shape index (κ1) is 8.85. The molecule has 1 unspecified atom stereocenters. The Balaban J connectivity index is 2.16. The molecule has 1 fully saturated rings. The van der Waals surface area contributed by atoms with Gasteiger partial charge < -0.3 is 5.32 Å². The van der Waals surface area contributed by atoms with Crippen LogP contribution in [0, 0.1) is 6.92 Å². The molecule has 4 nitrogen and oxygen atoms in total. The number of hydrogen-bond donors (Lipinski definition) is 1. The minimum atomic E-state index is 0.456. The van der Waals surface area contributed by atoms with Crippen LogP contribution in [-0.4, -0.2) is 21.1 Å². The average molecular weight is 202 g/mol. The lowest BCUT2D eigenvalue weighted by molar-refractivity contribution is 0.647. The lowest BCUT2D eigenvalue weighted by Crippen LogP contribution is -2.13. The Morgan fingerprint density at radius 1 is 1.53 bits per heavy atom. The molecule has 2 aromatic heterocycles. The second kappa shape index (κ2) is 3.31. The summed E-state index contributed by atoms with van der Waals surface area (Å²) in [6.07, 6.45) is 4.40. The van der Waals surface area contributed by atoms with E-state index < -0.39 is 0 Å². The van der Waals surface area contributed by atoms with Gasteiger partial charge in [-0.1, -0.05) is 6.07 Å². The third-order valence-corrected chi connectivity index (χ3v) is 2.93. The summed E-state index contributed by atoms with van der Waals surface area (Å²) in [5, 5.41) is 7.82. The molecule has 0 spiro atoms. The standard InChI is InChI=1S/C11H14N4/c1-8-13-11-9(10-5-2-6-12-10)4-3-7-15(11)14-8/h3-4,7,10,12H,2,5-6H2,1H3. The van der Waals surface area contributed by atoms with E-state index in [2.05, 4.69) is 21.5 Å². The van der Waals surface area contributed by atoms with Crippen molar-refractivity contribution in [3.05, 3.63) is 29.7 Å².